The van der Waals surface area contributed by atoms with Gasteiger partial charge in [0.25, 0.3) is 0 Å². The molecular weight excluding hydrogens is 191 g/mol. The third-order valence-electron chi connectivity index (χ3n) is 1.60. The first-order valence-electron chi connectivity index (χ1n) is 3.72. The third-order valence-corrected chi connectivity index (χ3v) is 2.12. The Morgan fingerprint density at radius 1 is 1.54 bits per heavy atom. The zero-order valence-corrected chi connectivity index (χ0v) is 7.81. The second kappa shape index (κ2) is 4.19. The van der Waals surface area contributed by atoms with Gasteiger partial charge in [-0.1, -0.05) is 23.7 Å². The molecule has 0 spiro atoms. The summed E-state index contributed by atoms with van der Waals surface area (Å²) in [6.07, 6.45) is 0.646. The van der Waals surface area contributed by atoms with Crippen molar-refractivity contribution >= 4 is 22.9 Å². The van der Waals surface area contributed by atoms with Crippen LogP contribution in [0.2, 0.25) is 0 Å². The lowest BCUT2D eigenvalue weighted by Gasteiger charge is -2.00. The average Bonchev–Trinajstić information content (AvgIpc) is 2.15. The third kappa shape index (κ3) is 2.39. The molecule has 68 valence electrons. The van der Waals surface area contributed by atoms with Gasteiger partial charge in [0.05, 0.1) is 5.03 Å². The quantitative estimate of drug-likeness (QED) is 0.528. The minimum atomic E-state index is -0.366. The van der Waals surface area contributed by atoms with Crippen LogP contribution in [0.25, 0.3) is 5.03 Å². The fourth-order valence-electron chi connectivity index (χ4n) is 0.904. The lowest BCUT2D eigenvalue weighted by molar-refractivity contribution is -0.104. The highest BCUT2D eigenvalue weighted by molar-refractivity contribution is 6.50. The Balaban J connectivity index is 3.16. The monoisotopic (exact) mass is 198 g/mol. The minimum absolute atomic E-state index is 0.287. The lowest BCUT2D eigenvalue weighted by atomic mass is 10.1. The normalized spacial score (nSPS) is 12.2. The summed E-state index contributed by atoms with van der Waals surface area (Å²) in [6.45, 7) is 1.58. The number of rotatable bonds is 2. The number of hydrogen-bond acceptors (Lipinski definition) is 1. The summed E-state index contributed by atoms with van der Waals surface area (Å²) < 4.78 is 12.7. The van der Waals surface area contributed by atoms with Crippen LogP contribution in [0.15, 0.2) is 29.8 Å². The molecule has 0 bridgehead atoms. The van der Waals surface area contributed by atoms with Gasteiger partial charge in [0, 0.05) is 5.57 Å². The highest BCUT2D eigenvalue weighted by atomic mass is 35.5. The van der Waals surface area contributed by atoms with Crippen molar-refractivity contribution in [2.45, 2.75) is 6.92 Å². The van der Waals surface area contributed by atoms with Crippen LogP contribution in [0.3, 0.4) is 0 Å². The molecule has 0 aliphatic heterocycles. The maximum absolute atomic E-state index is 12.7. The molecule has 0 aromatic heterocycles. The number of allylic oxidation sites excluding steroid dienone is 1. The van der Waals surface area contributed by atoms with Crippen molar-refractivity contribution in [1.29, 1.82) is 0 Å². The second-order valence-electron chi connectivity index (χ2n) is 2.63. The highest BCUT2D eigenvalue weighted by Crippen LogP contribution is 2.22. The van der Waals surface area contributed by atoms with Crippen LogP contribution >= 0.6 is 11.6 Å². The molecule has 0 fully saturated rings. The summed E-state index contributed by atoms with van der Waals surface area (Å²) in [7, 11) is 0. The van der Waals surface area contributed by atoms with Gasteiger partial charge in [0.1, 0.15) is 12.1 Å². The van der Waals surface area contributed by atoms with E-state index in [0.29, 0.717) is 17.4 Å². The van der Waals surface area contributed by atoms with Crippen molar-refractivity contribution < 1.29 is 9.18 Å². The molecular formula is C10H8ClFO. The molecule has 0 amide bonds. The summed E-state index contributed by atoms with van der Waals surface area (Å²) in [5, 5.41) is 0.287. The Hall–Kier alpha value is -1.15. The van der Waals surface area contributed by atoms with Crippen molar-refractivity contribution in [3.63, 3.8) is 0 Å². The predicted molar refractivity (Wildman–Crippen MR) is 50.9 cm³/mol. The summed E-state index contributed by atoms with van der Waals surface area (Å²) in [5.41, 5.74) is 0.915. The zero-order valence-electron chi connectivity index (χ0n) is 7.05. The summed E-state index contributed by atoms with van der Waals surface area (Å²) in [5.74, 6) is -0.366. The van der Waals surface area contributed by atoms with Crippen molar-refractivity contribution in [3.05, 3.63) is 41.2 Å². The van der Waals surface area contributed by atoms with Crippen molar-refractivity contribution in [2.75, 3.05) is 0 Å². The van der Waals surface area contributed by atoms with E-state index in [0.717, 1.165) is 0 Å². The Kier molecular flexibility index (Phi) is 3.20. The van der Waals surface area contributed by atoms with E-state index in [1.165, 1.54) is 12.1 Å². The van der Waals surface area contributed by atoms with Crippen molar-refractivity contribution in [2.24, 2.45) is 0 Å². The van der Waals surface area contributed by atoms with Crippen molar-refractivity contribution in [3.8, 4) is 0 Å². The zero-order chi connectivity index (χ0) is 9.84. The van der Waals surface area contributed by atoms with Crippen LogP contribution in [-0.2, 0) is 4.79 Å². The summed E-state index contributed by atoms with van der Waals surface area (Å²) in [4.78, 5) is 10.4. The van der Waals surface area contributed by atoms with E-state index in [1.807, 2.05) is 0 Å². The summed E-state index contributed by atoms with van der Waals surface area (Å²) >= 11 is 5.81. The van der Waals surface area contributed by atoms with E-state index in [9.17, 15) is 9.18 Å². The van der Waals surface area contributed by atoms with Crippen LogP contribution in [-0.4, -0.2) is 6.29 Å². The van der Waals surface area contributed by atoms with E-state index in [4.69, 9.17) is 11.6 Å². The Labute approximate surface area is 80.8 Å². The number of hydrogen-bond donors (Lipinski definition) is 0. The lowest BCUT2D eigenvalue weighted by Crippen LogP contribution is -1.85. The van der Waals surface area contributed by atoms with Gasteiger partial charge >= 0.3 is 0 Å². The van der Waals surface area contributed by atoms with Crippen LogP contribution < -0.4 is 0 Å². The Bertz CT molecular complexity index is 358. The fraction of sp³-hybridized carbons (Fsp3) is 0.100. The van der Waals surface area contributed by atoms with Crippen LogP contribution in [0.1, 0.15) is 12.5 Å². The van der Waals surface area contributed by atoms with Gasteiger partial charge in [0.15, 0.2) is 0 Å². The van der Waals surface area contributed by atoms with Gasteiger partial charge in [-0.25, -0.2) is 4.39 Å². The Morgan fingerprint density at radius 2 is 2.23 bits per heavy atom. The fourth-order valence-corrected chi connectivity index (χ4v) is 1.07. The van der Waals surface area contributed by atoms with Gasteiger partial charge in [0.2, 0.25) is 0 Å². The van der Waals surface area contributed by atoms with E-state index < -0.39 is 0 Å². The van der Waals surface area contributed by atoms with Gasteiger partial charge in [-0.15, -0.1) is 0 Å². The average molecular weight is 199 g/mol. The second-order valence-corrected chi connectivity index (χ2v) is 3.00. The SMILES string of the molecule is C/C(C=O)=C(/Cl)c1cccc(F)c1. The van der Waals surface area contributed by atoms with Gasteiger partial charge in [-0.2, -0.15) is 0 Å². The molecule has 0 heterocycles. The first-order valence-corrected chi connectivity index (χ1v) is 4.10. The number of carbonyl (C=O) groups excluding carboxylic acids is 1. The largest absolute Gasteiger partial charge is 0.298 e. The van der Waals surface area contributed by atoms with E-state index in [-0.39, 0.29) is 10.8 Å². The molecule has 0 N–H and O–H groups in total. The molecule has 1 aromatic carbocycles. The minimum Gasteiger partial charge on any atom is -0.298 e. The molecule has 1 nitrogen and oxygen atoms in total. The number of aldehydes is 1. The molecule has 0 aliphatic rings. The standard InChI is InChI=1S/C10H8ClFO/c1-7(6-13)10(11)8-3-2-4-9(12)5-8/h2-6H,1H3/b10-7-. The first-order chi connectivity index (χ1) is 6.15. The van der Waals surface area contributed by atoms with Crippen LogP contribution in [0.4, 0.5) is 4.39 Å². The topological polar surface area (TPSA) is 17.1 Å². The first kappa shape index (κ1) is 9.93. The van der Waals surface area contributed by atoms with Gasteiger partial charge in [-0.3, -0.25) is 4.79 Å². The Morgan fingerprint density at radius 3 is 2.77 bits per heavy atom. The maximum Gasteiger partial charge on any atom is 0.147 e. The van der Waals surface area contributed by atoms with Crippen LogP contribution in [0, 0.1) is 5.82 Å². The molecule has 1 rings (SSSR count). The van der Waals surface area contributed by atoms with E-state index in [1.54, 1.807) is 19.1 Å². The molecule has 1 aromatic rings. The molecule has 0 radical (unpaired) electrons. The summed E-state index contributed by atoms with van der Waals surface area (Å²) in [6, 6.07) is 5.81. The maximum atomic E-state index is 12.7. The molecule has 13 heavy (non-hydrogen) atoms. The predicted octanol–water partition coefficient (Wildman–Crippen LogP) is 2.99. The molecule has 3 heteroatoms. The molecule has 0 atom stereocenters. The smallest absolute Gasteiger partial charge is 0.147 e. The number of benzene rings is 1. The van der Waals surface area contributed by atoms with Gasteiger partial charge < -0.3 is 0 Å². The van der Waals surface area contributed by atoms with Crippen molar-refractivity contribution in [1.82, 2.24) is 0 Å². The molecule has 0 aliphatic carbocycles. The number of carbonyl (C=O) groups is 1. The highest BCUT2D eigenvalue weighted by Gasteiger charge is 2.02. The van der Waals surface area contributed by atoms with E-state index >= 15 is 0 Å². The molecule has 0 saturated heterocycles. The molecule has 0 saturated carbocycles. The molecule has 0 unspecified atom stereocenters. The van der Waals surface area contributed by atoms with E-state index in [2.05, 4.69) is 0 Å². The number of halogens is 2. The van der Waals surface area contributed by atoms with Crippen LogP contribution in [0.5, 0.6) is 0 Å². The van der Waals surface area contributed by atoms with Gasteiger partial charge in [-0.05, 0) is 24.6 Å².